The summed E-state index contributed by atoms with van der Waals surface area (Å²) in [6, 6.07) is 3.50. The van der Waals surface area contributed by atoms with E-state index in [1.807, 2.05) is 20.8 Å². The van der Waals surface area contributed by atoms with E-state index in [-0.39, 0.29) is 44.9 Å². The first-order chi connectivity index (χ1) is 15.4. The summed E-state index contributed by atoms with van der Waals surface area (Å²) in [5.74, 6) is -1.15. The molecule has 1 aliphatic rings. The Morgan fingerprint density at radius 1 is 1.24 bits per heavy atom. The number of likely N-dealkylation sites (tertiary alicyclic amines) is 1. The molecule has 2 amide bonds. The predicted octanol–water partition coefficient (Wildman–Crippen LogP) is 4.47. The molecule has 7 nitrogen and oxygen atoms in total. The molecule has 2 rings (SSSR count). The number of aliphatic hydroxyl groups is 1. The highest BCUT2D eigenvalue weighted by molar-refractivity contribution is 6.32. The summed E-state index contributed by atoms with van der Waals surface area (Å²) in [7, 11) is 0.0941. The molecule has 2 radical (unpaired) electrons. The molecule has 190 valence electrons. The fraction of sp³-hybridized carbons (Fsp3) is 0.667. The van der Waals surface area contributed by atoms with Gasteiger partial charge in [0.2, 0.25) is 15.7 Å². The number of carbonyl (C=O) groups excluding carboxylic acids is 2. The van der Waals surface area contributed by atoms with Gasteiger partial charge >= 0.3 is 6.09 Å². The van der Waals surface area contributed by atoms with Gasteiger partial charge < -0.3 is 19.6 Å². The van der Waals surface area contributed by atoms with Crippen molar-refractivity contribution in [1.82, 2.24) is 10.2 Å². The van der Waals surface area contributed by atoms with Crippen LogP contribution in [0, 0.1) is 5.82 Å². The molecule has 1 aromatic rings. The highest BCUT2D eigenvalue weighted by Gasteiger charge is 2.56. The molecule has 1 fully saturated rings. The molecule has 0 saturated carbocycles. The Bertz CT molecular complexity index is 916. The van der Waals surface area contributed by atoms with Gasteiger partial charge in [-0.3, -0.25) is 9.69 Å². The molecule has 2 atom stereocenters. The average molecular weight is 515 g/mol. The molecule has 1 aliphatic heterocycles. The standard InChI is InChI=1S/C24H36ClFN2O5Si/c1-21(2,3)32-20(30)28-14-24(31,23(7,8)33-34-22(4,5)6)12-17(28)19(29)27-13-15-10-9-11-16(25)18(15)26/h9-11,17,31H,12-14H2,1-8H3,(H,27,29)/t17-,24-/m0/s1. The number of halogens is 2. The van der Waals surface area contributed by atoms with Gasteiger partial charge in [-0.05, 0) is 45.7 Å². The Balaban J connectivity index is 2.27. The van der Waals surface area contributed by atoms with E-state index in [2.05, 4.69) is 5.32 Å². The first-order valence-corrected chi connectivity index (χ1v) is 12.5. The maximum Gasteiger partial charge on any atom is 0.411 e. The third-order valence-electron chi connectivity index (χ3n) is 5.49. The molecule has 10 heteroatoms. The minimum Gasteiger partial charge on any atom is -0.444 e. The van der Waals surface area contributed by atoms with Crippen molar-refractivity contribution in [2.24, 2.45) is 0 Å². The normalized spacial score (nSPS) is 21.5. The van der Waals surface area contributed by atoms with Gasteiger partial charge in [0, 0.05) is 18.5 Å². The molecule has 1 saturated heterocycles. The Hall–Kier alpha value is -1.68. The van der Waals surface area contributed by atoms with E-state index in [9.17, 15) is 19.1 Å². The fourth-order valence-corrected chi connectivity index (χ4v) is 4.38. The summed E-state index contributed by atoms with van der Waals surface area (Å²) in [4.78, 5) is 27.4. The van der Waals surface area contributed by atoms with Crippen LogP contribution in [0.4, 0.5) is 9.18 Å². The van der Waals surface area contributed by atoms with Crippen LogP contribution in [-0.2, 0) is 20.5 Å². The number of nitrogens with zero attached hydrogens (tertiary/aromatic N) is 1. The molecule has 0 bridgehead atoms. The highest BCUT2D eigenvalue weighted by atomic mass is 35.5. The van der Waals surface area contributed by atoms with Crippen LogP contribution in [0.2, 0.25) is 10.1 Å². The van der Waals surface area contributed by atoms with Crippen molar-refractivity contribution in [3.05, 3.63) is 34.6 Å². The van der Waals surface area contributed by atoms with Crippen molar-refractivity contribution in [3.63, 3.8) is 0 Å². The van der Waals surface area contributed by atoms with E-state index in [1.54, 1.807) is 40.7 Å². The summed E-state index contributed by atoms with van der Waals surface area (Å²) in [6.45, 7) is 14.5. The molecular weight excluding hydrogens is 479 g/mol. The van der Waals surface area contributed by atoms with Crippen LogP contribution < -0.4 is 5.32 Å². The van der Waals surface area contributed by atoms with Crippen LogP contribution in [0.5, 0.6) is 0 Å². The number of benzene rings is 1. The highest BCUT2D eigenvalue weighted by Crippen LogP contribution is 2.40. The Labute approximate surface area is 209 Å². The van der Waals surface area contributed by atoms with Gasteiger partial charge in [0.15, 0.2) is 0 Å². The van der Waals surface area contributed by atoms with Gasteiger partial charge in [0.1, 0.15) is 23.1 Å². The lowest BCUT2D eigenvalue weighted by atomic mass is 9.84. The second-order valence-corrected chi connectivity index (χ2v) is 13.6. The molecule has 1 aromatic carbocycles. The van der Waals surface area contributed by atoms with Gasteiger partial charge in [-0.1, -0.05) is 44.5 Å². The lowest BCUT2D eigenvalue weighted by Gasteiger charge is -2.41. The number of carbonyl (C=O) groups is 2. The second kappa shape index (κ2) is 10.1. The van der Waals surface area contributed by atoms with Gasteiger partial charge in [-0.2, -0.15) is 0 Å². The van der Waals surface area contributed by atoms with Crippen molar-refractivity contribution in [2.45, 2.75) is 96.2 Å². The lowest BCUT2D eigenvalue weighted by molar-refractivity contribution is -0.126. The Kier molecular flexibility index (Phi) is 8.50. The van der Waals surface area contributed by atoms with Crippen molar-refractivity contribution < 1.29 is 28.2 Å². The Morgan fingerprint density at radius 3 is 2.41 bits per heavy atom. The minimum atomic E-state index is -1.51. The lowest BCUT2D eigenvalue weighted by Crippen LogP contribution is -2.55. The molecule has 34 heavy (non-hydrogen) atoms. The summed E-state index contributed by atoms with van der Waals surface area (Å²) in [5.41, 5.74) is -3.13. The molecule has 0 spiro atoms. The van der Waals surface area contributed by atoms with Crippen molar-refractivity contribution >= 4 is 33.4 Å². The van der Waals surface area contributed by atoms with E-state index < -0.39 is 40.7 Å². The first kappa shape index (κ1) is 28.6. The molecule has 2 N–H and O–H groups in total. The van der Waals surface area contributed by atoms with Crippen molar-refractivity contribution in [2.75, 3.05) is 6.54 Å². The SMILES string of the molecule is CC(C)(C)OC(=O)N1C[C@](O)(C(C)(C)O[Si]C(C)(C)C)C[C@H]1C(=O)NCc1cccc(Cl)c1F. The second-order valence-electron chi connectivity index (χ2n) is 11.3. The zero-order valence-corrected chi connectivity index (χ0v) is 23.0. The molecule has 0 unspecified atom stereocenters. The van der Waals surface area contributed by atoms with Crippen LogP contribution in [0.1, 0.15) is 67.4 Å². The number of rotatable bonds is 6. The summed E-state index contributed by atoms with van der Waals surface area (Å²) in [5, 5.41) is 14.1. The number of ether oxygens (including phenoxy) is 1. The topological polar surface area (TPSA) is 88.1 Å². The third kappa shape index (κ3) is 7.16. The van der Waals surface area contributed by atoms with E-state index >= 15 is 0 Å². The van der Waals surface area contributed by atoms with Crippen LogP contribution in [0.15, 0.2) is 18.2 Å². The van der Waals surface area contributed by atoms with Gasteiger partial charge in [0.25, 0.3) is 0 Å². The summed E-state index contributed by atoms with van der Waals surface area (Å²) >= 11 is 5.83. The first-order valence-electron chi connectivity index (χ1n) is 11.2. The zero-order valence-electron chi connectivity index (χ0n) is 21.2. The minimum absolute atomic E-state index is 0.0454. The number of hydrogen-bond donors (Lipinski definition) is 2. The molecular formula is C24H36ClFN2O5Si. The van der Waals surface area contributed by atoms with E-state index in [0.717, 1.165) is 0 Å². The van der Waals surface area contributed by atoms with Crippen LogP contribution in [0.3, 0.4) is 0 Å². The summed E-state index contributed by atoms with van der Waals surface area (Å²) < 4.78 is 25.9. The molecule has 0 aliphatic carbocycles. The van der Waals surface area contributed by atoms with Crippen LogP contribution >= 0.6 is 11.6 Å². The van der Waals surface area contributed by atoms with E-state index in [4.69, 9.17) is 20.8 Å². The maximum absolute atomic E-state index is 14.3. The predicted molar refractivity (Wildman–Crippen MR) is 130 cm³/mol. The number of β-amino-alcohol motifs (C(OH)–C–C–N with tert-alkyl or cyclic N) is 1. The smallest absolute Gasteiger partial charge is 0.411 e. The quantitative estimate of drug-likeness (QED) is 0.547. The fourth-order valence-electron chi connectivity index (χ4n) is 3.43. The largest absolute Gasteiger partial charge is 0.444 e. The number of amides is 2. The average Bonchev–Trinajstić information content (AvgIpc) is 3.06. The zero-order chi connectivity index (χ0) is 26.1. The number of hydrogen-bond acceptors (Lipinski definition) is 5. The van der Waals surface area contributed by atoms with Crippen molar-refractivity contribution in [3.8, 4) is 0 Å². The molecule has 1 heterocycles. The molecule has 0 aromatic heterocycles. The van der Waals surface area contributed by atoms with E-state index in [0.29, 0.717) is 0 Å². The van der Waals surface area contributed by atoms with Crippen LogP contribution in [-0.4, -0.2) is 61.2 Å². The number of nitrogens with one attached hydrogen (secondary N) is 1. The van der Waals surface area contributed by atoms with Crippen molar-refractivity contribution in [1.29, 1.82) is 0 Å². The maximum atomic E-state index is 14.3. The Morgan fingerprint density at radius 2 is 1.85 bits per heavy atom. The van der Waals surface area contributed by atoms with Crippen LogP contribution in [0.25, 0.3) is 0 Å². The summed E-state index contributed by atoms with van der Waals surface area (Å²) in [6.07, 6.45) is -0.774. The third-order valence-corrected chi connectivity index (χ3v) is 7.00. The monoisotopic (exact) mass is 514 g/mol. The van der Waals surface area contributed by atoms with Gasteiger partial charge in [-0.15, -0.1) is 0 Å². The van der Waals surface area contributed by atoms with Gasteiger partial charge in [-0.25, -0.2) is 9.18 Å². The van der Waals surface area contributed by atoms with E-state index in [1.165, 1.54) is 17.0 Å². The van der Waals surface area contributed by atoms with Gasteiger partial charge in [0.05, 0.1) is 17.2 Å².